The van der Waals surface area contributed by atoms with Crippen molar-refractivity contribution in [3.8, 4) is 0 Å². The lowest BCUT2D eigenvalue weighted by atomic mass is 10.1. The highest BCUT2D eigenvalue weighted by Gasteiger charge is 2.23. The molecule has 0 amide bonds. The zero-order valence-corrected chi connectivity index (χ0v) is 15.7. The van der Waals surface area contributed by atoms with Crippen molar-refractivity contribution in [2.24, 2.45) is 0 Å². The molecule has 2 aromatic carbocycles. The lowest BCUT2D eigenvalue weighted by molar-refractivity contribution is -0.384. The highest BCUT2D eigenvalue weighted by Crippen LogP contribution is 2.30. The number of benzene rings is 2. The van der Waals surface area contributed by atoms with E-state index >= 15 is 0 Å². The number of nitrogens with zero attached hydrogens (tertiary/aromatic N) is 2. The zero-order chi connectivity index (χ0) is 19.4. The third-order valence-corrected chi connectivity index (χ3v) is 4.72. The Kier molecular flexibility index (Phi) is 6.15. The second-order valence-electron chi connectivity index (χ2n) is 5.87. The second kappa shape index (κ2) is 8.56. The summed E-state index contributed by atoms with van der Waals surface area (Å²) in [5, 5.41) is 12.3. The molecule has 0 spiro atoms. The monoisotopic (exact) mass is 410 g/mol. The van der Waals surface area contributed by atoms with Crippen LogP contribution in [0.25, 0.3) is 0 Å². The molecule has 0 aromatic heterocycles. The van der Waals surface area contributed by atoms with Gasteiger partial charge in [0.2, 0.25) is 0 Å². The average molecular weight is 411 g/mol. The number of anilines is 1. The van der Waals surface area contributed by atoms with Gasteiger partial charge in [-0.15, -0.1) is 0 Å². The Labute approximate surface area is 165 Å². The smallest absolute Gasteiger partial charge is 0.338 e. The number of morpholine rings is 1. The highest BCUT2D eigenvalue weighted by molar-refractivity contribution is 6.35. The Bertz CT molecular complexity index is 869. The molecule has 1 aliphatic heterocycles. The molecule has 1 heterocycles. The maximum absolute atomic E-state index is 12.3. The number of halogens is 2. The molecule has 7 nitrogen and oxygen atoms in total. The molecule has 3 rings (SSSR count). The molecule has 2 aromatic rings. The standard InChI is InChI=1S/C18H16Cl2N2O5/c19-14-3-1-13(15(20)10-14)11-27-18(23)12-2-4-16(17(9-12)22(24)25)21-5-7-26-8-6-21/h1-4,9-10H,5-8,11H2. The maximum atomic E-state index is 12.3. The first kappa shape index (κ1) is 19.4. The quantitative estimate of drug-likeness (QED) is 0.419. The third kappa shape index (κ3) is 4.68. The minimum absolute atomic E-state index is 0.0617. The van der Waals surface area contributed by atoms with Gasteiger partial charge in [0.05, 0.1) is 23.7 Å². The third-order valence-electron chi connectivity index (χ3n) is 4.13. The summed E-state index contributed by atoms with van der Waals surface area (Å²) in [6.45, 7) is 2.05. The molecule has 0 N–H and O–H groups in total. The van der Waals surface area contributed by atoms with Crippen LogP contribution in [-0.2, 0) is 16.1 Å². The molecule has 0 radical (unpaired) electrons. The molecule has 1 fully saturated rings. The summed E-state index contributed by atoms with van der Waals surface area (Å²) in [7, 11) is 0. The minimum Gasteiger partial charge on any atom is -0.457 e. The van der Waals surface area contributed by atoms with E-state index in [4.69, 9.17) is 32.7 Å². The van der Waals surface area contributed by atoms with Crippen molar-refractivity contribution in [1.82, 2.24) is 0 Å². The van der Waals surface area contributed by atoms with Crippen LogP contribution in [0.3, 0.4) is 0 Å². The van der Waals surface area contributed by atoms with Gasteiger partial charge in [0, 0.05) is 34.8 Å². The van der Waals surface area contributed by atoms with Gasteiger partial charge in [-0.3, -0.25) is 10.1 Å². The Hall–Kier alpha value is -2.35. The second-order valence-corrected chi connectivity index (χ2v) is 6.72. The van der Waals surface area contributed by atoms with Gasteiger partial charge in [-0.1, -0.05) is 29.3 Å². The van der Waals surface area contributed by atoms with Crippen molar-refractivity contribution in [2.45, 2.75) is 6.61 Å². The number of carbonyl (C=O) groups excluding carboxylic acids is 1. The Morgan fingerprint density at radius 1 is 1.19 bits per heavy atom. The molecule has 0 saturated carbocycles. The van der Waals surface area contributed by atoms with Crippen LogP contribution in [0.4, 0.5) is 11.4 Å². The van der Waals surface area contributed by atoms with E-state index in [1.807, 2.05) is 4.90 Å². The first-order valence-corrected chi connectivity index (χ1v) is 8.93. The topological polar surface area (TPSA) is 81.9 Å². The van der Waals surface area contributed by atoms with E-state index in [1.165, 1.54) is 12.1 Å². The summed E-state index contributed by atoms with van der Waals surface area (Å²) in [5.41, 5.74) is 1.01. The van der Waals surface area contributed by atoms with Crippen molar-refractivity contribution in [3.63, 3.8) is 0 Å². The number of nitro benzene ring substituents is 1. The molecule has 0 atom stereocenters. The van der Waals surface area contributed by atoms with E-state index in [2.05, 4.69) is 0 Å². The van der Waals surface area contributed by atoms with Crippen LogP contribution in [0.2, 0.25) is 10.0 Å². The largest absolute Gasteiger partial charge is 0.457 e. The Morgan fingerprint density at radius 2 is 1.93 bits per heavy atom. The van der Waals surface area contributed by atoms with Crippen molar-refractivity contribution in [2.75, 3.05) is 31.2 Å². The van der Waals surface area contributed by atoms with Crippen LogP contribution in [0.1, 0.15) is 15.9 Å². The van der Waals surface area contributed by atoms with Crippen LogP contribution in [0.5, 0.6) is 0 Å². The molecule has 0 bridgehead atoms. The molecule has 27 heavy (non-hydrogen) atoms. The van der Waals surface area contributed by atoms with Crippen LogP contribution < -0.4 is 4.90 Å². The summed E-state index contributed by atoms with van der Waals surface area (Å²) >= 11 is 11.9. The predicted molar refractivity (Wildman–Crippen MR) is 102 cm³/mol. The van der Waals surface area contributed by atoms with E-state index in [9.17, 15) is 14.9 Å². The molecular formula is C18H16Cl2N2O5. The molecule has 1 saturated heterocycles. The van der Waals surface area contributed by atoms with E-state index in [0.717, 1.165) is 0 Å². The summed E-state index contributed by atoms with van der Waals surface area (Å²) in [4.78, 5) is 25.1. The SMILES string of the molecule is O=C(OCc1ccc(Cl)cc1Cl)c1ccc(N2CCOCC2)c([N+](=O)[O-])c1. The van der Waals surface area contributed by atoms with Crippen molar-refractivity contribution < 1.29 is 19.2 Å². The molecule has 0 aliphatic carbocycles. The first-order chi connectivity index (χ1) is 13.0. The normalized spacial score (nSPS) is 14.1. The fourth-order valence-electron chi connectivity index (χ4n) is 2.73. The Morgan fingerprint density at radius 3 is 2.59 bits per heavy atom. The molecular weight excluding hydrogens is 395 g/mol. The minimum atomic E-state index is -0.669. The average Bonchev–Trinajstić information content (AvgIpc) is 2.67. The van der Waals surface area contributed by atoms with Gasteiger partial charge in [-0.05, 0) is 24.3 Å². The molecule has 0 unspecified atom stereocenters. The number of ether oxygens (including phenoxy) is 2. The fraction of sp³-hybridized carbons (Fsp3) is 0.278. The zero-order valence-electron chi connectivity index (χ0n) is 14.2. The van der Waals surface area contributed by atoms with Gasteiger partial charge in [0.15, 0.2) is 0 Å². The van der Waals surface area contributed by atoms with Crippen molar-refractivity contribution in [1.29, 1.82) is 0 Å². The fourth-order valence-corrected chi connectivity index (χ4v) is 3.20. The van der Waals surface area contributed by atoms with Crippen LogP contribution in [-0.4, -0.2) is 37.2 Å². The maximum Gasteiger partial charge on any atom is 0.338 e. The first-order valence-electron chi connectivity index (χ1n) is 8.18. The lowest BCUT2D eigenvalue weighted by Gasteiger charge is -2.28. The van der Waals surface area contributed by atoms with Gasteiger partial charge >= 0.3 is 5.97 Å². The summed E-state index contributed by atoms with van der Waals surface area (Å²) in [6, 6.07) is 9.16. The lowest BCUT2D eigenvalue weighted by Crippen LogP contribution is -2.36. The predicted octanol–water partition coefficient (Wildman–Crippen LogP) is 4.10. The van der Waals surface area contributed by atoms with Crippen molar-refractivity contribution >= 4 is 40.5 Å². The van der Waals surface area contributed by atoms with Crippen LogP contribution in [0, 0.1) is 10.1 Å². The van der Waals surface area contributed by atoms with Gasteiger partial charge in [0.25, 0.3) is 5.69 Å². The molecule has 1 aliphatic rings. The van der Waals surface area contributed by atoms with E-state index in [-0.39, 0.29) is 17.9 Å². The van der Waals surface area contributed by atoms with E-state index in [0.29, 0.717) is 47.6 Å². The van der Waals surface area contributed by atoms with Gasteiger partial charge in [-0.2, -0.15) is 0 Å². The summed E-state index contributed by atoms with van der Waals surface area (Å²) < 4.78 is 10.5. The molecule has 142 valence electrons. The van der Waals surface area contributed by atoms with Crippen LogP contribution >= 0.6 is 23.2 Å². The number of rotatable bonds is 5. The number of hydrogen-bond donors (Lipinski definition) is 0. The van der Waals surface area contributed by atoms with Gasteiger partial charge < -0.3 is 14.4 Å². The summed E-state index contributed by atoms with van der Waals surface area (Å²) in [5.74, 6) is -0.669. The van der Waals surface area contributed by atoms with Gasteiger partial charge in [-0.25, -0.2) is 4.79 Å². The molecule has 9 heteroatoms. The number of hydrogen-bond acceptors (Lipinski definition) is 6. The summed E-state index contributed by atoms with van der Waals surface area (Å²) in [6.07, 6.45) is 0. The highest BCUT2D eigenvalue weighted by atomic mass is 35.5. The Balaban J connectivity index is 1.76. The van der Waals surface area contributed by atoms with Crippen molar-refractivity contribution in [3.05, 3.63) is 67.7 Å². The van der Waals surface area contributed by atoms with E-state index in [1.54, 1.807) is 24.3 Å². The van der Waals surface area contributed by atoms with E-state index < -0.39 is 10.9 Å². The number of esters is 1. The van der Waals surface area contributed by atoms with Gasteiger partial charge in [0.1, 0.15) is 12.3 Å². The van der Waals surface area contributed by atoms with Crippen LogP contribution in [0.15, 0.2) is 36.4 Å². The number of carbonyl (C=O) groups is 1. The number of nitro groups is 1.